The Bertz CT molecular complexity index is 170. The Morgan fingerprint density at radius 1 is 1.14 bits per heavy atom. The quantitative estimate of drug-likeness (QED) is 0.578. The highest BCUT2D eigenvalue weighted by Crippen LogP contribution is 2.59. The van der Waals surface area contributed by atoms with E-state index in [0.717, 1.165) is 5.92 Å². The van der Waals surface area contributed by atoms with Crippen molar-refractivity contribution in [3.8, 4) is 0 Å². The first-order chi connectivity index (χ1) is 6.49. The second-order valence-corrected chi connectivity index (χ2v) is 6.00. The van der Waals surface area contributed by atoms with Crippen LogP contribution in [0, 0.1) is 16.7 Å². The topological polar surface area (TPSA) is 0 Å². The minimum absolute atomic E-state index is 0.638. The molecule has 0 unspecified atom stereocenters. The molecule has 84 valence electrons. The zero-order valence-electron chi connectivity index (χ0n) is 10.8. The normalized spacial score (nSPS) is 21.0. The van der Waals surface area contributed by atoms with Crippen LogP contribution in [-0.2, 0) is 0 Å². The molecule has 1 aliphatic carbocycles. The van der Waals surface area contributed by atoms with E-state index >= 15 is 0 Å². The molecule has 0 radical (unpaired) electrons. The lowest BCUT2D eigenvalue weighted by molar-refractivity contribution is -0.0465. The van der Waals surface area contributed by atoms with E-state index in [9.17, 15) is 0 Å². The predicted octanol–water partition coefficient (Wildman–Crippen LogP) is 5.03. The van der Waals surface area contributed by atoms with E-state index in [-0.39, 0.29) is 0 Å². The molecule has 14 heavy (non-hydrogen) atoms. The Labute approximate surface area is 90.5 Å². The highest BCUT2D eigenvalue weighted by atomic mass is 14.5. The Balaban J connectivity index is 2.78. The largest absolute Gasteiger partial charge is 0.0648 e. The molecule has 1 saturated carbocycles. The van der Waals surface area contributed by atoms with Crippen molar-refractivity contribution in [2.75, 3.05) is 0 Å². The van der Waals surface area contributed by atoms with Crippen molar-refractivity contribution in [1.29, 1.82) is 0 Å². The maximum atomic E-state index is 2.53. The predicted molar refractivity (Wildman–Crippen MR) is 64.4 cm³/mol. The van der Waals surface area contributed by atoms with Crippen LogP contribution in [0.25, 0.3) is 0 Å². The van der Waals surface area contributed by atoms with Gasteiger partial charge >= 0.3 is 0 Å². The second-order valence-electron chi connectivity index (χ2n) is 6.00. The van der Waals surface area contributed by atoms with E-state index < -0.39 is 0 Å². The van der Waals surface area contributed by atoms with Gasteiger partial charge < -0.3 is 0 Å². The van der Waals surface area contributed by atoms with E-state index in [1.54, 1.807) is 0 Å². The fourth-order valence-corrected chi connectivity index (χ4v) is 3.66. The first-order valence-electron chi connectivity index (χ1n) is 6.49. The summed E-state index contributed by atoms with van der Waals surface area (Å²) < 4.78 is 0. The van der Waals surface area contributed by atoms with Crippen molar-refractivity contribution in [1.82, 2.24) is 0 Å². The van der Waals surface area contributed by atoms with Crippen LogP contribution in [0.5, 0.6) is 0 Å². The van der Waals surface area contributed by atoms with Crippen molar-refractivity contribution in [3.63, 3.8) is 0 Å². The van der Waals surface area contributed by atoms with Crippen molar-refractivity contribution >= 4 is 0 Å². The summed E-state index contributed by atoms with van der Waals surface area (Å²) in [6.45, 7) is 12.1. The minimum atomic E-state index is 0.638. The fourth-order valence-electron chi connectivity index (χ4n) is 3.66. The lowest BCUT2D eigenvalue weighted by atomic mass is 9.50. The maximum Gasteiger partial charge on any atom is -0.0246 e. The monoisotopic (exact) mass is 196 g/mol. The Morgan fingerprint density at radius 3 is 1.86 bits per heavy atom. The molecule has 1 fully saturated rings. The summed E-state index contributed by atoms with van der Waals surface area (Å²) in [7, 11) is 0. The van der Waals surface area contributed by atoms with Crippen LogP contribution >= 0.6 is 0 Å². The molecule has 0 aromatic rings. The van der Waals surface area contributed by atoms with E-state index in [1.165, 1.54) is 38.5 Å². The summed E-state index contributed by atoms with van der Waals surface area (Å²) in [6, 6.07) is 0. The molecule has 0 heteroatoms. The van der Waals surface area contributed by atoms with Gasteiger partial charge in [0.2, 0.25) is 0 Å². The van der Waals surface area contributed by atoms with E-state index in [1.807, 2.05) is 0 Å². The van der Waals surface area contributed by atoms with Crippen LogP contribution in [0.4, 0.5) is 0 Å². The molecule has 0 N–H and O–H groups in total. The average molecular weight is 196 g/mol. The van der Waals surface area contributed by atoms with Crippen molar-refractivity contribution in [3.05, 3.63) is 0 Å². The van der Waals surface area contributed by atoms with Crippen LogP contribution in [0.15, 0.2) is 0 Å². The summed E-state index contributed by atoms with van der Waals surface area (Å²) >= 11 is 0. The summed E-state index contributed by atoms with van der Waals surface area (Å²) in [4.78, 5) is 0. The second kappa shape index (κ2) is 4.24. The van der Waals surface area contributed by atoms with Gasteiger partial charge in [0.15, 0.2) is 0 Å². The lowest BCUT2D eigenvalue weighted by Gasteiger charge is -2.55. The van der Waals surface area contributed by atoms with Gasteiger partial charge in [0, 0.05) is 0 Å². The van der Waals surface area contributed by atoms with Crippen molar-refractivity contribution in [2.45, 2.75) is 73.1 Å². The van der Waals surface area contributed by atoms with E-state index in [4.69, 9.17) is 0 Å². The van der Waals surface area contributed by atoms with Gasteiger partial charge in [-0.25, -0.2) is 0 Å². The van der Waals surface area contributed by atoms with Crippen molar-refractivity contribution in [2.24, 2.45) is 16.7 Å². The summed E-state index contributed by atoms with van der Waals surface area (Å²) in [5.74, 6) is 0.854. The number of hydrogen-bond acceptors (Lipinski definition) is 0. The van der Waals surface area contributed by atoms with Crippen molar-refractivity contribution < 1.29 is 0 Å². The van der Waals surface area contributed by atoms with Gasteiger partial charge in [-0.1, -0.05) is 41.0 Å². The van der Waals surface area contributed by atoms with Gasteiger partial charge in [-0.05, 0) is 48.9 Å². The number of hydrogen-bond donors (Lipinski definition) is 0. The van der Waals surface area contributed by atoms with Gasteiger partial charge in [-0.3, -0.25) is 0 Å². The molecule has 0 nitrogen and oxygen atoms in total. The molecule has 0 bridgehead atoms. The van der Waals surface area contributed by atoms with Crippen LogP contribution in [0.2, 0.25) is 0 Å². The van der Waals surface area contributed by atoms with Gasteiger partial charge in [-0.2, -0.15) is 0 Å². The van der Waals surface area contributed by atoms with Crippen LogP contribution in [-0.4, -0.2) is 0 Å². The summed E-state index contributed by atoms with van der Waals surface area (Å²) in [6.07, 6.45) is 8.59. The molecule has 0 saturated heterocycles. The van der Waals surface area contributed by atoms with Gasteiger partial charge in [0.1, 0.15) is 0 Å². The SMILES string of the molecule is CCC(CC)(CC(C)C)C1(C)CCC1. The van der Waals surface area contributed by atoms with Crippen LogP contribution < -0.4 is 0 Å². The smallest absolute Gasteiger partial charge is 0.0246 e. The lowest BCUT2D eigenvalue weighted by Crippen LogP contribution is -2.45. The first kappa shape index (κ1) is 12.1. The maximum absolute atomic E-state index is 2.53. The van der Waals surface area contributed by atoms with Gasteiger partial charge in [0.25, 0.3) is 0 Å². The molecule has 0 spiro atoms. The molecule has 0 atom stereocenters. The standard InChI is InChI=1S/C14H28/c1-6-14(7-2,11-12(3)4)13(5)9-8-10-13/h12H,6-11H2,1-5H3. The number of rotatable bonds is 5. The Morgan fingerprint density at radius 2 is 1.64 bits per heavy atom. The third-order valence-corrected chi connectivity index (χ3v) is 4.89. The third-order valence-electron chi connectivity index (χ3n) is 4.89. The summed E-state index contributed by atoms with van der Waals surface area (Å²) in [5, 5.41) is 0. The zero-order chi connectivity index (χ0) is 10.8. The molecule has 0 aliphatic heterocycles. The minimum Gasteiger partial charge on any atom is -0.0648 e. The first-order valence-corrected chi connectivity index (χ1v) is 6.49. The molecule has 0 amide bonds. The van der Waals surface area contributed by atoms with E-state index in [2.05, 4.69) is 34.6 Å². The highest BCUT2D eigenvalue weighted by Gasteiger charge is 2.48. The van der Waals surface area contributed by atoms with Gasteiger partial charge in [-0.15, -0.1) is 0 Å². The van der Waals surface area contributed by atoms with Crippen LogP contribution in [0.3, 0.4) is 0 Å². The summed E-state index contributed by atoms with van der Waals surface area (Å²) in [5.41, 5.74) is 1.31. The Kier molecular flexibility index (Phi) is 3.66. The third kappa shape index (κ3) is 1.85. The van der Waals surface area contributed by atoms with Gasteiger partial charge in [0.05, 0.1) is 0 Å². The molecule has 0 aromatic carbocycles. The molecular formula is C14H28. The zero-order valence-corrected chi connectivity index (χ0v) is 10.8. The van der Waals surface area contributed by atoms with Crippen LogP contribution in [0.1, 0.15) is 73.1 Å². The Hall–Kier alpha value is 0. The average Bonchev–Trinajstić information content (AvgIpc) is 2.10. The van der Waals surface area contributed by atoms with E-state index in [0.29, 0.717) is 10.8 Å². The molecular weight excluding hydrogens is 168 g/mol. The molecule has 1 aliphatic rings. The highest BCUT2D eigenvalue weighted by molar-refractivity contribution is 4.99. The molecule has 0 aromatic heterocycles. The molecule has 0 heterocycles. The molecule has 1 rings (SSSR count). The fraction of sp³-hybridized carbons (Fsp3) is 1.00.